The fourth-order valence-corrected chi connectivity index (χ4v) is 2.24. The van der Waals surface area contributed by atoms with Gasteiger partial charge in [-0.2, -0.15) is 0 Å². The van der Waals surface area contributed by atoms with Crippen LogP contribution in [-0.4, -0.2) is 22.0 Å². The maximum Gasteiger partial charge on any atom is 0.247 e. The minimum Gasteiger partial charge on any atom is -0.508 e. The van der Waals surface area contributed by atoms with Gasteiger partial charge in [-0.1, -0.05) is 12.1 Å². The van der Waals surface area contributed by atoms with E-state index in [-0.39, 0.29) is 17.7 Å². The van der Waals surface area contributed by atoms with E-state index < -0.39 is 0 Å². The van der Waals surface area contributed by atoms with Crippen LogP contribution in [0.25, 0.3) is 0 Å². The summed E-state index contributed by atoms with van der Waals surface area (Å²) in [5.74, 6) is 0.842. The molecular weight excluding hydrogens is 254 g/mol. The Kier molecular flexibility index (Phi) is 3.02. The van der Waals surface area contributed by atoms with Crippen molar-refractivity contribution in [2.75, 3.05) is 10.6 Å². The average Bonchev–Trinajstić information content (AvgIpc) is 2.42. The first-order valence-electron chi connectivity index (χ1n) is 6.44. The average molecular weight is 269 g/mol. The Morgan fingerprint density at radius 2 is 2.05 bits per heavy atom. The van der Waals surface area contributed by atoms with E-state index in [9.17, 15) is 9.90 Å². The van der Waals surface area contributed by atoms with Crippen LogP contribution in [0.3, 0.4) is 0 Å². The molecule has 2 heterocycles. The Hall–Kier alpha value is -2.56. The van der Waals surface area contributed by atoms with Crippen molar-refractivity contribution in [1.29, 1.82) is 0 Å². The number of aromatic hydroxyl groups is 1. The molecule has 1 aliphatic heterocycles. The number of anilines is 2. The highest BCUT2D eigenvalue weighted by Crippen LogP contribution is 2.26. The zero-order valence-electron chi connectivity index (χ0n) is 11.1. The van der Waals surface area contributed by atoms with Gasteiger partial charge in [0.2, 0.25) is 5.91 Å². The number of amides is 1. The number of rotatable bonds is 2. The summed E-state index contributed by atoms with van der Waals surface area (Å²) >= 11 is 0. The molecule has 0 saturated carbocycles. The quantitative estimate of drug-likeness (QED) is 0.780. The van der Waals surface area contributed by atoms with Crippen molar-refractivity contribution in [3.05, 3.63) is 47.7 Å². The normalized spacial score (nSPS) is 17.1. The third-order valence-electron chi connectivity index (χ3n) is 3.29. The summed E-state index contributed by atoms with van der Waals surface area (Å²) in [6, 6.07) is 8.38. The SMILES string of the molecule is Cc1cnc2c(c1)NC(=O)C(Cc1ccc(O)cc1)N2. The molecule has 1 aliphatic rings. The first-order chi connectivity index (χ1) is 9.61. The van der Waals surface area contributed by atoms with Crippen molar-refractivity contribution in [1.82, 2.24) is 4.98 Å². The minimum absolute atomic E-state index is 0.0713. The van der Waals surface area contributed by atoms with Gasteiger partial charge in [0, 0.05) is 12.6 Å². The summed E-state index contributed by atoms with van der Waals surface area (Å²) in [7, 11) is 0. The van der Waals surface area contributed by atoms with E-state index in [1.165, 1.54) is 0 Å². The molecule has 5 heteroatoms. The predicted molar refractivity (Wildman–Crippen MR) is 76.8 cm³/mol. The smallest absolute Gasteiger partial charge is 0.247 e. The van der Waals surface area contributed by atoms with Crippen molar-refractivity contribution >= 4 is 17.4 Å². The largest absolute Gasteiger partial charge is 0.508 e. The fraction of sp³-hybridized carbons (Fsp3) is 0.200. The molecule has 0 spiro atoms. The molecule has 3 N–H and O–H groups in total. The molecule has 102 valence electrons. The van der Waals surface area contributed by atoms with Crippen molar-refractivity contribution in [3.8, 4) is 5.75 Å². The van der Waals surface area contributed by atoms with Crippen LogP contribution >= 0.6 is 0 Å². The number of hydrogen-bond donors (Lipinski definition) is 3. The highest BCUT2D eigenvalue weighted by Gasteiger charge is 2.26. The Morgan fingerprint density at radius 1 is 1.30 bits per heavy atom. The summed E-state index contributed by atoms with van der Waals surface area (Å²) in [5.41, 5.74) is 2.70. The zero-order valence-corrected chi connectivity index (χ0v) is 11.1. The molecule has 0 saturated heterocycles. The van der Waals surface area contributed by atoms with Gasteiger partial charge >= 0.3 is 0 Å². The van der Waals surface area contributed by atoms with Gasteiger partial charge in [0.1, 0.15) is 17.6 Å². The number of carbonyl (C=O) groups excluding carboxylic acids is 1. The molecule has 0 aliphatic carbocycles. The van der Waals surface area contributed by atoms with E-state index >= 15 is 0 Å². The minimum atomic E-state index is -0.359. The molecule has 1 aromatic carbocycles. The van der Waals surface area contributed by atoms with Crippen molar-refractivity contribution in [3.63, 3.8) is 0 Å². The molecule has 3 rings (SSSR count). The summed E-state index contributed by atoms with van der Waals surface area (Å²) in [5, 5.41) is 15.3. The molecule has 1 amide bonds. The third kappa shape index (κ3) is 2.42. The van der Waals surface area contributed by atoms with E-state index in [1.807, 2.05) is 25.1 Å². The Morgan fingerprint density at radius 3 is 2.80 bits per heavy atom. The van der Waals surface area contributed by atoms with E-state index in [4.69, 9.17) is 0 Å². The summed E-state index contributed by atoms with van der Waals surface area (Å²) in [4.78, 5) is 16.4. The molecular formula is C15H15N3O2. The Labute approximate surface area is 116 Å². The van der Waals surface area contributed by atoms with Gasteiger partial charge in [0.05, 0.1) is 5.69 Å². The van der Waals surface area contributed by atoms with E-state index in [1.54, 1.807) is 18.3 Å². The molecule has 20 heavy (non-hydrogen) atoms. The summed E-state index contributed by atoms with van der Waals surface area (Å²) in [6.45, 7) is 1.93. The number of hydrogen-bond acceptors (Lipinski definition) is 4. The first-order valence-corrected chi connectivity index (χ1v) is 6.44. The van der Waals surface area contributed by atoms with Crippen LogP contribution in [0.5, 0.6) is 5.75 Å². The van der Waals surface area contributed by atoms with Crippen LogP contribution in [0, 0.1) is 6.92 Å². The molecule has 0 fully saturated rings. The number of nitrogens with zero attached hydrogens (tertiary/aromatic N) is 1. The van der Waals surface area contributed by atoms with Gasteiger partial charge in [-0.15, -0.1) is 0 Å². The Bertz CT molecular complexity index is 653. The highest BCUT2D eigenvalue weighted by atomic mass is 16.3. The summed E-state index contributed by atoms with van der Waals surface area (Å²) in [6.07, 6.45) is 2.31. The monoisotopic (exact) mass is 269 g/mol. The van der Waals surface area contributed by atoms with Crippen molar-refractivity contribution in [2.45, 2.75) is 19.4 Å². The second kappa shape index (κ2) is 4.85. The zero-order chi connectivity index (χ0) is 14.1. The molecule has 1 atom stereocenters. The lowest BCUT2D eigenvalue weighted by atomic mass is 10.0. The van der Waals surface area contributed by atoms with Gasteiger partial charge in [0.15, 0.2) is 0 Å². The van der Waals surface area contributed by atoms with Crippen LogP contribution in [-0.2, 0) is 11.2 Å². The molecule has 1 unspecified atom stereocenters. The van der Waals surface area contributed by atoms with E-state index in [0.717, 1.165) is 16.8 Å². The Balaban J connectivity index is 1.80. The number of aromatic nitrogens is 1. The topological polar surface area (TPSA) is 74.2 Å². The summed E-state index contributed by atoms with van der Waals surface area (Å²) < 4.78 is 0. The lowest BCUT2D eigenvalue weighted by Crippen LogP contribution is -2.40. The highest BCUT2D eigenvalue weighted by molar-refractivity contribution is 6.02. The number of fused-ring (bicyclic) bond motifs is 1. The van der Waals surface area contributed by atoms with Gasteiger partial charge in [-0.25, -0.2) is 4.98 Å². The van der Waals surface area contributed by atoms with Crippen molar-refractivity contribution in [2.24, 2.45) is 0 Å². The number of nitrogens with one attached hydrogen (secondary N) is 2. The number of aryl methyl sites for hydroxylation is 1. The second-order valence-corrected chi connectivity index (χ2v) is 4.97. The number of carbonyl (C=O) groups is 1. The standard InChI is InChI=1S/C15H15N3O2/c1-9-6-12-14(16-8-9)17-13(15(20)18-12)7-10-2-4-11(19)5-3-10/h2-6,8,13,19H,7H2,1H3,(H,16,17)(H,18,20). The molecule has 0 radical (unpaired) electrons. The lowest BCUT2D eigenvalue weighted by molar-refractivity contribution is -0.117. The lowest BCUT2D eigenvalue weighted by Gasteiger charge is -2.26. The van der Waals surface area contributed by atoms with Gasteiger partial charge in [-0.3, -0.25) is 4.79 Å². The third-order valence-corrected chi connectivity index (χ3v) is 3.29. The van der Waals surface area contributed by atoms with Crippen LogP contribution in [0.4, 0.5) is 11.5 Å². The van der Waals surface area contributed by atoms with Crippen molar-refractivity contribution < 1.29 is 9.90 Å². The van der Waals surface area contributed by atoms with E-state index in [0.29, 0.717) is 12.2 Å². The maximum atomic E-state index is 12.1. The van der Waals surface area contributed by atoms with E-state index in [2.05, 4.69) is 15.6 Å². The fourth-order valence-electron chi connectivity index (χ4n) is 2.24. The number of phenolic OH excluding ortho intramolecular Hbond substituents is 1. The van der Waals surface area contributed by atoms with Gasteiger partial charge < -0.3 is 15.7 Å². The molecule has 5 nitrogen and oxygen atoms in total. The second-order valence-electron chi connectivity index (χ2n) is 4.97. The van der Waals surface area contributed by atoms with Gasteiger partial charge in [-0.05, 0) is 36.2 Å². The molecule has 1 aromatic heterocycles. The van der Waals surface area contributed by atoms with Crippen LogP contribution in [0.2, 0.25) is 0 Å². The molecule has 0 bridgehead atoms. The maximum absolute atomic E-state index is 12.1. The first kappa shape index (κ1) is 12.5. The van der Waals surface area contributed by atoms with Crippen LogP contribution < -0.4 is 10.6 Å². The number of benzene rings is 1. The predicted octanol–water partition coefficient (Wildman–Crippen LogP) is 2.07. The van der Waals surface area contributed by atoms with Crippen LogP contribution in [0.15, 0.2) is 36.5 Å². The number of phenols is 1. The number of pyridine rings is 1. The van der Waals surface area contributed by atoms with Gasteiger partial charge in [0.25, 0.3) is 0 Å². The molecule has 2 aromatic rings. The van der Waals surface area contributed by atoms with Crippen LogP contribution in [0.1, 0.15) is 11.1 Å².